The number of para-hydroxylation sites is 1. The highest BCUT2D eigenvalue weighted by molar-refractivity contribution is 6.40. The summed E-state index contributed by atoms with van der Waals surface area (Å²) in [5.41, 5.74) is 2.96. The van der Waals surface area contributed by atoms with Crippen molar-refractivity contribution < 1.29 is 37.7 Å². The van der Waals surface area contributed by atoms with E-state index in [1.165, 1.54) is 18.1 Å². The minimum Gasteiger partial charge on any atom is -0.472 e. The van der Waals surface area contributed by atoms with E-state index < -0.39 is 11.8 Å². The van der Waals surface area contributed by atoms with Gasteiger partial charge in [-0.05, 0) is 37.1 Å². The molecule has 0 radical (unpaired) electrons. The van der Waals surface area contributed by atoms with E-state index in [0.29, 0.717) is 74.3 Å². The number of ether oxygens (including phenoxy) is 5. The second-order valence-electron chi connectivity index (χ2n) is 13.0. The maximum atomic E-state index is 15.9. The highest BCUT2D eigenvalue weighted by Gasteiger charge is 2.46. The van der Waals surface area contributed by atoms with Gasteiger partial charge in [-0.1, -0.05) is 41.4 Å². The highest BCUT2D eigenvalue weighted by Crippen LogP contribution is 2.44. The summed E-state index contributed by atoms with van der Waals surface area (Å²) in [5.74, 6) is -1.09. The van der Waals surface area contributed by atoms with Gasteiger partial charge < -0.3 is 38.4 Å². The number of hydrogen-bond acceptors (Lipinski definition) is 9. The molecule has 5 aliphatic heterocycles. The Morgan fingerprint density at radius 1 is 0.979 bits per heavy atom. The molecule has 5 heterocycles. The molecule has 4 saturated heterocycles. The summed E-state index contributed by atoms with van der Waals surface area (Å²) in [6, 6.07) is 12.0. The largest absolute Gasteiger partial charge is 0.472 e. The number of fused-ring (bicyclic) bond motifs is 3. The van der Waals surface area contributed by atoms with E-state index in [4.69, 9.17) is 46.9 Å². The van der Waals surface area contributed by atoms with Crippen molar-refractivity contribution in [3.8, 4) is 16.9 Å². The lowest BCUT2D eigenvalue weighted by atomic mass is 9.93. The maximum absolute atomic E-state index is 15.9. The number of methoxy groups -OCH3 is 1. The number of esters is 1. The van der Waals surface area contributed by atoms with Crippen LogP contribution in [-0.4, -0.2) is 94.4 Å². The number of anilines is 2. The molecular weight excluding hydrogens is 664 g/mol. The first-order valence-electron chi connectivity index (χ1n) is 16.0. The molecule has 2 unspecified atom stereocenters. The Balaban J connectivity index is 1.06. The maximum Gasteiger partial charge on any atom is 0.340 e. The number of rotatable bonds is 5. The van der Waals surface area contributed by atoms with Crippen LogP contribution in [0.1, 0.15) is 39.1 Å². The number of nitrogens with zero attached hydrogens (tertiary/aromatic N) is 3. The van der Waals surface area contributed by atoms with Gasteiger partial charge in [0.15, 0.2) is 6.73 Å². The smallest absolute Gasteiger partial charge is 0.340 e. The van der Waals surface area contributed by atoms with Crippen LogP contribution in [0.2, 0.25) is 10.0 Å². The van der Waals surface area contributed by atoms with E-state index in [2.05, 4.69) is 9.80 Å². The molecule has 0 aromatic heterocycles. The second-order valence-corrected chi connectivity index (χ2v) is 13.8. The molecule has 3 aromatic carbocycles. The van der Waals surface area contributed by atoms with Gasteiger partial charge in [0.1, 0.15) is 17.2 Å². The van der Waals surface area contributed by atoms with Gasteiger partial charge in [0.2, 0.25) is 0 Å². The van der Waals surface area contributed by atoms with Crippen LogP contribution >= 0.6 is 23.2 Å². The number of hydrogen-bond donors (Lipinski definition) is 0. The molecule has 13 heteroatoms. The van der Waals surface area contributed by atoms with Crippen molar-refractivity contribution in [2.45, 2.75) is 37.1 Å². The third-order valence-electron chi connectivity index (χ3n) is 9.97. The fraction of sp³-hybridized carbons (Fsp3) is 0.429. The Hall–Kier alpha value is -3.61. The lowest BCUT2D eigenvalue weighted by Crippen LogP contribution is -2.67. The van der Waals surface area contributed by atoms with E-state index in [9.17, 15) is 9.59 Å². The predicted molar refractivity (Wildman–Crippen MR) is 177 cm³/mol. The van der Waals surface area contributed by atoms with Crippen molar-refractivity contribution in [2.24, 2.45) is 0 Å². The molecule has 10 nitrogen and oxygen atoms in total. The van der Waals surface area contributed by atoms with Crippen LogP contribution in [0, 0.1) is 5.82 Å². The normalized spacial score (nSPS) is 22.6. The van der Waals surface area contributed by atoms with Crippen LogP contribution in [0.4, 0.5) is 15.8 Å². The fourth-order valence-electron chi connectivity index (χ4n) is 7.63. The van der Waals surface area contributed by atoms with Crippen molar-refractivity contribution in [2.75, 3.05) is 69.8 Å². The highest BCUT2D eigenvalue weighted by atomic mass is 35.5. The van der Waals surface area contributed by atoms with E-state index in [1.807, 2.05) is 6.07 Å². The third-order valence-corrected chi connectivity index (χ3v) is 10.6. The third kappa shape index (κ3) is 5.36. The summed E-state index contributed by atoms with van der Waals surface area (Å²) in [6.45, 7) is 4.19. The first-order valence-corrected chi connectivity index (χ1v) is 16.8. The molecule has 252 valence electrons. The Bertz CT molecular complexity index is 1750. The lowest BCUT2D eigenvalue weighted by Gasteiger charge is -2.52. The molecule has 8 rings (SSSR count). The fourth-order valence-corrected chi connectivity index (χ4v) is 8.27. The predicted octanol–water partition coefficient (Wildman–Crippen LogP) is 5.55. The Morgan fingerprint density at radius 2 is 1.73 bits per heavy atom. The number of carbonyl (C=O) groups is 2. The Labute approximate surface area is 287 Å². The molecular formula is C35H34Cl2FN3O7. The van der Waals surface area contributed by atoms with Gasteiger partial charge in [-0.25, -0.2) is 9.18 Å². The van der Waals surface area contributed by atoms with Gasteiger partial charge in [0.05, 0.1) is 98.7 Å². The van der Waals surface area contributed by atoms with Gasteiger partial charge in [0.25, 0.3) is 5.91 Å². The molecule has 48 heavy (non-hydrogen) atoms. The quantitative estimate of drug-likeness (QED) is 0.319. The van der Waals surface area contributed by atoms with Crippen LogP contribution in [-0.2, 0) is 25.5 Å². The summed E-state index contributed by atoms with van der Waals surface area (Å²) in [7, 11) is 1.29. The molecule has 4 fully saturated rings. The number of amides is 1. The van der Waals surface area contributed by atoms with Crippen LogP contribution in [0.3, 0.4) is 0 Å². The molecule has 0 saturated carbocycles. The standard InChI is InChI=1S/C35H34Cl2FN3O7/c1-44-34(43)26-11-29(38)25(12-30(26)41-21-5-6-22(41)15-46-14-21)24-4-2-3-20-13-39(19-47-32(20)24)33(42)31-27(36)9-23(10-28(31)37)40-16-35(17-40)18-45-7-8-48-35/h2-4,9-12,21-22H,5-8,13-19H2,1H3. The zero-order chi connectivity index (χ0) is 33.2. The average Bonchev–Trinajstić information content (AvgIpc) is 3.32. The number of morpholine rings is 1. The first-order chi connectivity index (χ1) is 23.2. The topological polar surface area (TPSA) is 90.0 Å². The molecule has 0 aliphatic carbocycles. The molecule has 1 amide bonds. The lowest BCUT2D eigenvalue weighted by molar-refractivity contribution is -0.167. The molecule has 0 N–H and O–H groups in total. The second kappa shape index (κ2) is 12.4. The van der Waals surface area contributed by atoms with Gasteiger partial charge in [-0.15, -0.1) is 0 Å². The van der Waals surface area contributed by atoms with Crippen LogP contribution in [0.15, 0.2) is 42.5 Å². The SMILES string of the molecule is COC(=O)c1cc(F)c(-c2cccc3c2OCN(C(=O)c2c(Cl)cc(N4CC5(COCCO5)C4)cc2Cl)C3)cc1N1C2CCC1COC2. The van der Waals surface area contributed by atoms with E-state index in [-0.39, 0.29) is 58.0 Å². The van der Waals surface area contributed by atoms with Gasteiger partial charge in [-0.3, -0.25) is 4.79 Å². The molecule has 2 bridgehead atoms. The Morgan fingerprint density at radius 3 is 2.42 bits per heavy atom. The first kappa shape index (κ1) is 31.6. The molecule has 3 aromatic rings. The van der Waals surface area contributed by atoms with E-state index in [1.54, 1.807) is 30.3 Å². The number of benzene rings is 3. The zero-order valence-corrected chi connectivity index (χ0v) is 27.8. The van der Waals surface area contributed by atoms with Crippen LogP contribution in [0.5, 0.6) is 5.75 Å². The van der Waals surface area contributed by atoms with Crippen molar-refractivity contribution in [3.05, 3.63) is 75.0 Å². The van der Waals surface area contributed by atoms with Crippen molar-refractivity contribution in [1.29, 1.82) is 0 Å². The summed E-state index contributed by atoms with van der Waals surface area (Å²) in [5, 5.41) is 0.474. The van der Waals surface area contributed by atoms with Gasteiger partial charge in [-0.2, -0.15) is 0 Å². The van der Waals surface area contributed by atoms with Crippen LogP contribution in [0.25, 0.3) is 11.1 Å². The summed E-state index contributed by atoms with van der Waals surface area (Å²) < 4.78 is 44.4. The van der Waals surface area contributed by atoms with Crippen molar-refractivity contribution in [1.82, 2.24) is 4.90 Å². The summed E-state index contributed by atoms with van der Waals surface area (Å²) in [6.07, 6.45) is 1.84. The van der Waals surface area contributed by atoms with Crippen LogP contribution < -0.4 is 14.5 Å². The van der Waals surface area contributed by atoms with Crippen molar-refractivity contribution in [3.63, 3.8) is 0 Å². The average molecular weight is 699 g/mol. The zero-order valence-electron chi connectivity index (χ0n) is 26.3. The molecule has 1 spiro atoms. The summed E-state index contributed by atoms with van der Waals surface area (Å²) in [4.78, 5) is 32.4. The minimum atomic E-state index is -0.603. The molecule has 2 atom stereocenters. The Kier molecular flexibility index (Phi) is 8.16. The van der Waals surface area contributed by atoms with Crippen molar-refractivity contribution >= 4 is 46.5 Å². The van der Waals surface area contributed by atoms with E-state index >= 15 is 4.39 Å². The summed E-state index contributed by atoms with van der Waals surface area (Å²) >= 11 is 13.4. The minimum absolute atomic E-state index is 0.0849. The van der Waals surface area contributed by atoms with Gasteiger partial charge >= 0.3 is 5.97 Å². The monoisotopic (exact) mass is 697 g/mol. The molecule has 5 aliphatic rings. The van der Waals surface area contributed by atoms with E-state index in [0.717, 1.165) is 18.5 Å². The van der Waals surface area contributed by atoms with Gasteiger partial charge in [0, 0.05) is 22.4 Å². The number of halogens is 3. The number of carbonyl (C=O) groups excluding carboxylic acids is 2.